The molecule has 0 aliphatic carbocycles. The summed E-state index contributed by atoms with van der Waals surface area (Å²) in [5, 5.41) is 11.4. The van der Waals surface area contributed by atoms with Crippen LogP contribution in [0, 0.1) is 0 Å². The van der Waals surface area contributed by atoms with Gasteiger partial charge in [0.25, 0.3) is 0 Å². The van der Waals surface area contributed by atoms with Crippen molar-refractivity contribution in [1.82, 2.24) is 4.57 Å². The Bertz CT molecular complexity index is 895. The van der Waals surface area contributed by atoms with E-state index < -0.39 is 0 Å². The lowest BCUT2D eigenvalue weighted by molar-refractivity contribution is 0.112. The maximum atomic E-state index is 11.6. The van der Waals surface area contributed by atoms with E-state index in [2.05, 4.69) is 6.92 Å². The van der Waals surface area contributed by atoms with E-state index in [1.807, 2.05) is 41.9 Å². The van der Waals surface area contributed by atoms with E-state index in [1.54, 1.807) is 6.07 Å². The van der Waals surface area contributed by atoms with Crippen LogP contribution in [-0.2, 0) is 13.5 Å². The topological polar surface area (TPSA) is 51.5 Å². The van der Waals surface area contributed by atoms with Gasteiger partial charge in [-0.05, 0) is 23.6 Å². The van der Waals surface area contributed by atoms with Gasteiger partial charge in [-0.3, -0.25) is 4.79 Å². The first-order chi connectivity index (χ1) is 11.6. The highest BCUT2D eigenvalue weighted by Crippen LogP contribution is 2.44. The van der Waals surface area contributed by atoms with Crippen molar-refractivity contribution in [3.63, 3.8) is 0 Å². The van der Waals surface area contributed by atoms with Crippen LogP contribution in [-0.4, -0.2) is 23.1 Å². The molecule has 3 aromatic rings. The van der Waals surface area contributed by atoms with Crippen molar-refractivity contribution in [3.05, 3.63) is 47.5 Å². The number of hydrogen-bond donors (Lipinski definition) is 1. The number of aromatic hydroxyl groups is 1. The Kier molecular flexibility index (Phi) is 4.30. The molecule has 0 spiro atoms. The number of fused-ring (bicyclic) bond motifs is 1. The lowest BCUT2D eigenvalue weighted by Gasteiger charge is -2.08. The molecule has 0 aliphatic heterocycles. The molecule has 0 fully saturated rings. The molecule has 0 aliphatic rings. The number of nitrogens with zero attached hydrogens (tertiary/aromatic N) is 1. The third-order valence-corrected chi connectivity index (χ3v) is 4.42. The summed E-state index contributed by atoms with van der Waals surface area (Å²) in [7, 11) is 3.43. The number of phenols is 1. The molecule has 124 valence electrons. The first-order valence-corrected chi connectivity index (χ1v) is 8.05. The van der Waals surface area contributed by atoms with E-state index in [-0.39, 0.29) is 5.75 Å². The van der Waals surface area contributed by atoms with Crippen LogP contribution in [0.5, 0.6) is 11.5 Å². The predicted molar refractivity (Wildman–Crippen MR) is 96.0 cm³/mol. The summed E-state index contributed by atoms with van der Waals surface area (Å²) in [6.45, 7) is 2.10. The molecular weight excluding hydrogens is 302 g/mol. The summed E-state index contributed by atoms with van der Waals surface area (Å²) in [5.41, 5.74) is 4.39. The molecule has 0 saturated heterocycles. The zero-order chi connectivity index (χ0) is 17.3. The van der Waals surface area contributed by atoms with Gasteiger partial charge in [-0.25, -0.2) is 0 Å². The van der Waals surface area contributed by atoms with Crippen molar-refractivity contribution in [1.29, 1.82) is 0 Å². The molecule has 2 aromatic carbocycles. The summed E-state index contributed by atoms with van der Waals surface area (Å²) in [6, 6.07) is 11.6. The zero-order valence-electron chi connectivity index (χ0n) is 14.2. The standard InChI is InChI=1S/C20H21NO3/c1-4-8-15-17-19(14(12-22)11-16(24-3)20(17)23)21(2)18(15)13-9-6-5-7-10-13/h5-7,9-12,23H,4,8H2,1-3H3. The minimum Gasteiger partial charge on any atom is -0.504 e. The van der Waals surface area contributed by atoms with Crippen LogP contribution in [0.15, 0.2) is 36.4 Å². The van der Waals surface area contributed by atoms with Gasteiger partial charge in [0.2, 0.25) is 0 Å². The number of aromatic nitrogens is 1. The van der Waals surface area contributed by atoms with Crippen LogP contribution in [0.4, 0.5) is 0 Å². The quantitative estimate of drug-likeness (QED) is 0.711. The summed E-state index contributed by atoms with van der Waals surface area (Å²) in [6.07, 6.45) is 2.56. The van der Waals surface area contributed by atoms with Crippen LogP contribution in [0.2, 0.25) is 0 Å². The number of benzene rings is 2. The van der Waals surface area contributed by atoms with Gasteiger partial charge in [-0.15, -0.1) is 0 Å². The predicted octanol–water partition coefficient (Wildman–Crippen LogP) is 4.32. The second-order valence-corrected chi connectivity index (χ2v) is 5.86. The Morgan fingerprint density at radius 1 is 1.25 bits per heavy atom. The Hall–Kier alpha value is -2.75. The minimum atomic E-state index is 0.0966. The van der Waals surface area contributed by atoms with Gasteiger partial charge in [-0.1, -0.05) is 43.7 Å². The summed E-state index contributed by atoms with van der Waals surface area (Å²) in [5.74, 6) is 0.423. The maximum absolute atomic E-state index is 11.6. The number of hydrogen-bond acceptors (Lipinski definition) is 3. The molecule has 0 bridgehead atoms. The van der Waals surface area contributed by atoms with Gasteiger partial charge >= 0.3 is 0 Å². The van der Waals surface area contributed by atoms with E-state index in [0.717, 1.165) is 41.5 Å². The number of aryl methyl sites for hydroxylation is 2. The molecule has 0 unspecified atom stereocenters. The van der Waals surface area contributed by atoms with Crippen LogP contribution in [0.25, 0.3) is 22.2 Å². The molecule has 24 heavy (non-hydrogen) atoms. The van der Waals surface area contributed by atoms with Crippen molar-refractivity contribution in [3.8, 4) is 22.8 Å². The molecule has 4 nitrogen and oxygen atoms in total. The van der Waals surface area contributed by atoms with Crippen molar-refractivity contribution in [2.45, 2.75) is 19.8 Å². The zero-order valence-corrected chi connectivity index (χ0v) is 14.2. The average Bonchev–Trinajstić information content (AvgIpc) is 2.90. The summed E-state index contributed by atoms with van der Waals surface area (Å²) < 4.78 is 7.26. The van der Waals surface area contributed by atoms with Gasteiger partial charge in [0, 0.05) is 18.0 Å². The van der Waals surface area contributed by atoms with Gasteiger partial charge in [0.05, 0.1) is 18.3 Å². The highest BCUT2D eigenvalue weighted by molar-refractivity contribution is 6.06. The first-order valence-electron chi connectivity index (χ1n) is 8.05. The van der Waals surface area contributed by atoms with Crippen LogP contribution in [0.1, 0.15) is 29.3 Å². The Labute approximate surface area is 141 Å². The molecule has 0 atom stereocenters. The first kappa shape index (κ1) is 16.1. The van der Waals surface area contributed by atoms with Gasteiger partial charge in [0.1, 0.15) is 0 Å². The second-order valence-electron chi connectivity index (χ2n) is 5.86. The number of aldehydes is 1. The molecule has 0 amide bonds. The SMILES string of the molecule is CCCc1c(-c2ccccc2)n(C)c2c(C=O)cc(OC)c(O)c12. The molecule has 3 rings (SSSR count). The van der Waals surface area contributed by atoms with Gasteiger partial charge in [-0.2, -0.15) is 0 Å². The summed E-state index contributed by atoms with van der Waals surface area (Å²) >= 11 is 0. The van der Waals surface area contributed by atoms with E-state index in [4.69, 9.17) is 4.74 Å². The second kappa shape index (κ2) is 6.40. The van der Waals surface area contributed by atoms with E-state index in [9.17, 15) is 9.90 Å². The Morgan fingerprint density at radius 2 is 1.96 bits per heavy atom. The van der Waals surface area contributed by atoms with E-state index >= 15 is 0 Å². The monoisotopic (exact) mass is 323 g/mol. The maximum Gasteiger partial charge on any atom is 0.167 e. The highest BCUT2D eigenvalue weighted by Gasteiger charge is 2.23. The fourth-order valence-electron chi connectivity index (χ4n) is 3.44. The molecule has 0 radical (unpaired) electrons. The number of carbonyl (C=O) groups is 1. The van der Waals surface area contributed by atoms with E-state index in [0.29, 0.717) is 16.7 Å². The molecular formula is C20H21NO3. The average molecular weight is 323 g/mol. The minimum absolute atomic E-state index is 0.0966. The van der Waals surface area contributed by atoms with E-state index in [1.165, 1.54) is 7.11 Å². The lowest BCUT2D eigenvalue weighted by Crippen LogP contribution is -1.96. The molecule has 1 heterocycles. The number of phenolic OH excluding ortho intramolecular Hbond substituents is 1. The summed E-state index contributed by atoms with van der Waals surface area (Å²) in [4.78, 5) is 11.6. The number of ether oxygens (including phenoxy) is 1. The van der Waals surface area contributed by atoms with Crippen molar-refractivity contribution >= 4 is 17.2 Å². The number of rotatable bonds is 5. The van der Waals surface area contributed by atoms with Crippen LogP contribution in [0.3, 0.4) is 0 Å². The lowest BCUT2D eigenvalue weighted by atomic mass is 9.99. The fraction of sp³-hybridized carbons (Fsp3) is 0.250. The molecule has 4 heteroatoms. The smallest absolute Gasteiger partial charge is 0.167 e. The van der Waals surface area contributed by atoms with Crippen molar-refractivity contribution in [2.75, 3.05) is 7.11 Å². The Morgan fingerprint density at radius 3 is 2.54 bits per heavy atom. The molecule has 1 N–H and O–H groups in total. The van der Waals surface area contributed by atoms with Gasteiger partial charge < -0.3 is 14.4 Å². The van der Waals surface area contributed by atoms with Crippen LogP contribution < -0.4 is 4.74 Å². The van der Waals surface area contributed by atoms with Crippen molar-refractivity contribution in [2.24, 2.45) is 7.05 Å². The number of methoxy groups -OCH3 is 1. The van der Waals surface area contributed by atoms with Gasteiger partial charge in [0.15, 0.2) is 17.8 Å². The fourth-order valence-corrected chi connectivity index (χ4v) is 3.44. The molecule has 0 saturated carbocycles. The van der Waals surface area contributed by atoms with Crippen LogP contribution >= 0.6 is 0 Å². The Balaban J connectivity index is 2.49. The highest BCUT2D eigenvalue weighted by atomic mass is 16.5. The number of carbonyl (C=O) groups excluding carboxylic acids is 1. The third-order valence-electron chi connectivity index (χ3n) is 4.42. The largest absolute Gasteiger partial charge is 0.504 e. The molecule has 1 aromatic heterocycles. The van der Waals surface area contributed by atoms with Crippen molar-refractivity contribution < 1.29 is 14.6 Å². The normalized spacial score (nSPS) is 11.0. The third kappa shape index (κ3) is 2.35.